The van der Waals surface area contributed by atoms with Crippen molar-refractivity contribution in [2.45, 2.75) is 0 Å². The molecule has 0 unspecified atom stereocenters. The van der Waals surface area contributed by atoms with E-state index in [0.717, 1.165) is 66.8 Å². The molecule has 0 radical (unpaired) electrons. The van der Waals surface area contributed by atoms with E-state index in [1.807, 2.05) is 36.4 Å². The number of para-hydroxylation sites is 1. The van der Waals surface area contributed by atoms with Crippen LogP contribution >= 0.6 is 0 Å². The fourth-order valence-corrected chi connectivity index (χ4v) is 7.77. The number of fused-ring (bicyclic) bond motifs is 2. The van der Waals surface area contributed by atoms with Crippen molar-refractivity contribution >= 4 is 51.2 Å². The van der Waals surface area contributed by atoms with Crippen LogP contribution < -0.4 is 10.4 Å². The molecule has 0 spiro atoms. The summed E-state index contributed by atoms with van der Waals surface area (Å²) in [5.74, 6) is 0. The largest absolute Gasteiger partial charge is 0.489 e. The molecule has 0 bridgehead atoms. The van der Waals surface area contributed by atoms with Crippen LogP contribution in [-0.4, -0.2) is 17.2 Å². The van der Waals surface area contributed by atoms with Gasteiger partial charge in [-0.2, -0.15) is 0 Å². The molecule has 0 amide bonds. The molecule has 0 saturated carbocycles. The number of benzene rings is 9. The number of hydrogen-bond donors (Lipinski definition) is 2. The molecule has 0 aliphatic heterocycles. The third kappa shape index (κ3) is 6.14. The van der Waals surface area contributed by atoms with Crippen LogP contribution in [0.15, 0.2) is 206 Å². The lowest BCUT2D eigenvalue weighted by molar-refractivity contribution is 0.426. The second-order valence-corrected chi connectivity index (χ2v) is 13.5. The highest BCUT2D eigenvalue weighted by Crippen LogP contribution is 2.47. The Labute approximate surface area is 315 Å². The maximum Gasteiger partial charge on any atom is 0.489 e. The van der Waals surface area contributed by atoms with Crippen LogP contribution in [-0.2, 0) is 0 Å². The average molecular weight is 694 g/mol. The van der Waals surface area contributed by atoms with Crippen LogP contribution in [0.5, 0.6) is 0 Å². The number of anilines is 3. The number of rotatable bonds is 8. The Morgan fingerprint density at radius 1 is 0.333 bits per heavy atom. The highest BCUT2D eigenvalue weighted by atomic mass is 16.4. The summed E-state index contributed by atoms with van der Waals surface area (Å²) in [5, 5.41) is 24.6. The molecule has 9 aromatic rings. The highest BCUT2D eigenvalue weighted by molar-refractivity contribution is 6.62. The Kier molecular flexibility index (Phi) is 8.82. The summed E-state index contributed by atoms with van der Waals surface area (Å²) in [6, 6.07) is 72.1. The predicted molar refractivity (Wildman–Crippen MR) is 228 cm³/mol. The fourth-order valence-electron chi connectivity index (χ4n) is 7.77. The van der Waals surface area contributed by atoms with Crippen molar-refractivity contribution in [1.29, 1.82) is 0 Å². The van der Waals surface area contributed by atoms with Gasteiger partial charge in [0.25, 0.3) is 0 Å². The molecule has 3 nitrogen and oxygen atoms in total. The molecule has 0 heterocycles. The van der Waals surface area contributed by atoms with Gasteiger partial charge in [0.1, 0.15) is 0 Å². The zero-order chi connectivity index (χ0) is 36.4. The van der Waals surface area contributed by atoms with Gasteiger partial charge >= 0.3 is 7.12 Å². The summed E-state index contributed by atoms with van der Waals surface area (Å²) in [7, 11) is -1.56. The second kappa shape index (κ2) is 14.4. The van der Waals surface area contributed by atoms with E-state index in [2.05, 4.69) is 175 Å². The minimum absolute atomic E-state index is 0.489. The molecule has 256 valence electrons. The third-order valence-electron chi connectivity index (χ3n) is 10.3. The van der Waals surface area contributed by atoms with Gasteiger partial charge in [-0.25, -0.2) is 0 Å². The summed E-state index contributed by atoms with van der Waals surface area (Å²) in [6.45, 7) is 0. The molecule has 4 heteroatoms. The van der Waals surface area contributed by atoms with E-state index in [1.165, 1.54) is 16.3 Å². The van der Waals surface area contributed by atoms with Crippen molar-refractivity contribution in [1.82, 2.24) is 0 Å². The fraction of sp³-hybridized carbons (Fsp3) is 0. The van der Waals surface area contributed by atoms with E-state index < -0.39 is 7.12 Å². The van der Waals surface area contributed by atoms with Gasteiger partial charge in [-0.3, -0.25) is 0 Å². The lowest BCUT2D eigenvalue weighted by atomic mass is 9.76. The van der Waals surface area contributed by atoms with Gasteiger partial charge in [0, 0.05) is 16.8 Å². The van der Waals surface area contributed by atoms with Crippen molar-refractivity contribution in [3.8, 4) is 44.5 Å². The lowest BCUT2D eigenvalue weighted by Crippen LogP contribution is -2.30. The molecule has 9 rings (SSSR count). The van der Waals surface area contributed by atoms with Crippen LogP contribution in [0.25, 0.3) is 66.1 Å². The maximum atomic E-state index is 10.2. The minimum atomic E-state index is -1.56. The minimum Gasteiger partial charge on any atom is -0.423 e. The van der Waals surface area contributed by atoms with E-state index in [4.69, 9.17) is 0 Å². The topological polar surface area (TPSA) is 43.7 Å². The molecule has 54 heavy (non-hydrogen) atoms. The quantitative estimate of drug-likeness (QED) is 0.156. The standard InChI is InChI=1S/C50H36BNO2/c53-51(54)48-31-30-43(45-25-9-10-26-46(45)48)38-21-13-22-40(33-38)52(49-28-12-11-24-44(49)36-15-3-1-4-16-36)50-32-29-39(34-47(50)37-17-5-2-6-18-37)42-27-14-20-35-19-7-8-23-41(35)42/h1-34,53-54H. The molecular weight excluding hydrogens is 657 g/mol. The Balaban J connectivity index is 1.30. The molecule has 2 N–H and O–H groups in total. The third-order valence-corrected chi connectivity index (χ3v) is 10.3. The van der Waals surface area contributed by atoms with Gasteiger partial charge in [-0.05, 0) is 90.7 Å². The molecule has 0 saturated heterocycles. The smallest absolute Gasteiger partial charge is 0.423 e. The molecule has 0 aliphatic rings. The van der Waals surface area contributed by atoms with Gasteiger partial charge in [-0.1, -0.05) is 176 Å². The molecular formula is C50H36BNO2. The highest BCUT2D eigenvalue weighted by Gasteiger charge is 2.23. The molecule has 9 aromatic carbocycles. The van der Waals surface area contributed by atoms with Crippen molar-refractivity contribution in [3.63, 3.8) is 0 Å². The zero-order valence-corrected chi connectivity index (χ0v) is 29.5. The van der Waals surface area contributed by atoms with Crippen LogP contribution in [0.4, 0.5) is 17.1 Å². The monoisotopic (exact) mass is 693 g/mol. The lowest BCUT2D eigenvalue weighted by Gasteiger charge is -2.30. The Morgan fingerprint density at radius 3 is 1.65 bits per heavy atom. The SMILES string of the molecule is OB(O)c1ccc(-c2cccc(N(c3ccccc3-c3ccccc3)c3ccc(-c4cccc5ccccc45)cc3-c3ccccc3)c2)c2ccccc12. The summed E-state index contributed by atoms with van der Waals surface area (Å²) < 4.78 is 0. The summed E-state index contributed by atoms with van der Waals surface area (Å²) >= 11 is 0. The number of hydrogen-bond acceptors (Lipinski definition) is 3. The van der Waals surface area contributed by atoms with Crippen LogP contribution in [0.1, 0.15) is 0 Å². The zero-order valence-electron chi connectivity index (χ0n) is 29.5. The van der Waals surface area contributed by atoms with Crippen molar-refractivity contribution in [2.75, 3.05) is 4.90 Å². The van der Waals surface area contributed by atoms with E-state index in [-0.39, 0.29) is 0 Å². The first-order valence-corrected chi connectivity index (χ1v) is 18.2. The average Bonchev–Trinajstić information content (AvgIpc) is 3.24. The van der Waals surface area contributed by atoms with Crippen LogP contribution in [0.3, 0.4) is 0 Å². The van der Waals surface area contributed by atoms with Gasteiger partial charge in [-0.15, -0.1) is 0 Å². The van der Waals surface area contributed by atoms with Crippen molar-refractivity contribution < 1.29 is 10.0 Å². The van der Waals surface area contributed by atoms with Crippen molar-refractivity contribution in [2.24, 2.45) is 0 Å². The predicted octanol–water partition coefficient (Wildman–Crippen LogP) is 11.8. The second-order valence-electron chi connectivity index (χ2n) is 13.5. The Hall–Kier alpha value is -6.72. The van der Waals surface area contributed by atoms with Crippen LogP contribution in [0, 0.1) is 0 Å². The first-order valence-electron chi connectivity index (χ1n) is 18.2. The number of nitrogens with zero attached hydrogens (tertiary/aromatic N) is 1. The van der Waals surface area contributed by atoms with Gasteiger partial charge in [0.15, 0.2) is 0 Å². The Morgan fingerprint density at radius 2 is 0.870 bits per heavy atom. The summed E-state index contributed by atoms with van der Waals surface area (Å²) in [6.07, 6.45) is 0. The van der Waals surface area contributed by atoms with E-state index in [1.54, 1.807) is 0 Å². The van der Waals surface area contributed by atoms with E-state index >= 15 is 0 Å². The summed E-state index contributed by atoms with van der Waals surface area (Å²) in [5.41, 5.74) is 12.5. The van der Waals surface area contributed by atoms with Gasteiger partial charge in [0.2, 0.25) is 0 Å². The Bertz CT molecular complexity index is 2760. The first-order chi connectivity index (χ1) is 26.6. The van der Waals surface area contributed by atoms with Crippen LogP contribution in [0.2, 0.25) is 0 Å². The first kappa shape index (κ1) is 33.1. The summed E-state index contributed by atoms with van der Waals surface area (Å²) in [4.78, 5) is 2.38. The van der Waals surface area contributed by atoms with E-state index in [9.17, 15) is 10.0 Å². The van der Waals surface area contributed by atoms with Gasteiger partial charge in [0.05, 0.1) is 11.4 Å². The van der Waals surface area contributed by atoms with Crippen molar-refractivity contribution in [3.05, 3.63) is 206 Å². The normalized spacial score (nSPS) is 11.1. The molecule has 0 aliphatic carbocycles. The van der Waals surface area contributed by atoms with Gasteiger partial charge < -0.3 is 14.9 Å². The molecule has 0 aromatic heterocycles. The molecule has 0 fully saturated rings. The maximum absolute atomic E-state index is 10.2. The molecule has 0 atom stereocenters. The van der Waals surface area contributed by atoms with E-state index in [0.29, 0.717) is 5.46 Å².